The highest BCUT2D eigenvalue weighted by molar-refractivity contribution is 5.74. The number of rotatable bonds is 5. The number of hydrogen-bond acceptors (Lipinski definition) is 3. The molecule has 1 aliphatic carbocycles. The summed E-state index contributed by atoms with van der Waals surface area (Å²) >= 11 is 0. The van der Waals surface area contributed by atoms with E-state index >= 15 is 0 Å². The van der Waals surface area contributed by atoms with Crippen LogP contribution in [0.2, 0.25) is 0 Å². The average molecular weight is 315 g/mol. The molecule has 5 heteroatoms. The van der Waals surface area contributed by atoms with Crippen LogP contribution >= 0.6 is 0 Å². The first kappa shape index (κ1) is 15.9. The Bertz CT molecular complexity index is 636. The highest BCUT2D eigenvalue weighted by atomic mass is 19.1. The number of carbonyl (C=O) groups excluding carboxylic acids is 1. The number of amides is 1. The van der Waals surface area contributed by atoms with Crippen LogP contribution in [0.1, 0.15) is 43.7 Å². The molecule has 1 saturated heterocycles. The van der Waals surface area contributed by atoms with E-state index in [-0.39, 0.29) is 11.7 Å². The summed E-state index contributed by atoms with van der Waals surface area (Å²) in [5.74, 6) is -0.177. The lowest BCUT2D eigenvalue weighted by Gasteiger charge is -2.30. The fraction of sp³-hybridized carbons (Fsp3) is 0.556. The smallest absolute Gasteiger partial charge is 0.219 e. The minimum atomic E-state index is -0.319. The molecule has 0 aromatic heterocycles. The molecule has 2 fully saturated rings. The van der Waals surface area contributed by atoms with Crippen molar-refractivity contribution in [2.24, 2.45) is 0 Å². The Hall–Kier alpha value is -1.93. The van der Waals surface area contributed by atoms with Crippen molar-refractivity contribution in [3.63, 3.8) is 0 Å². The molecule has 1 heterocycles. The van der Waals surface area contributed by atoms with Gasteiger partial charge in [-0.25, -0.2) is 4.39 Å². The standard InChI is InChI=1S/C18H22FN3O/c1-13(23)22(16-6-7-16)12-17-3-2-8-21(17)11-15-5-4-14(10-20)9-18(15)19/h4-5,9,16-17H,2-3,6-8,11-12H2,1H3/t17-/m0/s1. The average Bonchev–Trinajstić information content (AvgIpc) is 3.27. The topological polar surface area (TPSA) is 47.3 Å². The van der Waals surface area contributed by atoms with E-state index in [1.54, 1.807) is 19.1 Å². The molecule has 1 atom stereocenters. The van der Waals surface area contributed by atoms with Crippen molar-refractivity contribution in [1.29, 1.82) is 5.26 Å². The maximum absolute atomic E-state index is 14.1. The molecule has 0 unspecified atom stereocenters. The van der Waals surface area contributed by atoms with Gasteiger partial charge in [0, 0.05) is 37.7 Å². The van der Waals surface area contributed by atoms with Gasteiger partial charge in [-0.3, -0.25) is 9.69 Å². The van der Waals surface area contributed by atoms with Crippen molar-refractivity contribution in [1.82, 2.24) is 9.80 Å². The van der Waals surface area contributed by atoms with Crippen LogP contribution < -0.4 is 0 Å². The lowest BCUT2D eigenvalue weighted by molar-refractivity contribution is -0.130. The molecule has 4 nitrogen and oxygen atoms in total. The van der Waals surface area contributed by atoms with Gasteiger partial charge in [0.15, 0.2) is 0 Å². The maximum Gasteiger partial charge on any atom is 0.219 e. The van der Waals surface area contributed by atoms with Crippen LogP contribution in [0.25, 0.3) is 0 Å². The third-order valence-electron chi connectivity index (χ3n) is 4.85. The largest absolute Gasteiger partial charge is 0.338 e. The molecule has 0 radical (unpaired) electrons. The second-order valence-electron chi connectivity index (χ2n) is 6.59. The first-order chi connectivity index (χ1) is 11.1. The van der Waals surface area contributed by atoms with Crippen LogP contribution in [0, 0.1) is 17.1 Å². The zero-order chi connectivity index (χ0) is 16.4. The summed E-state index contributed by atoms with van der Waals surface area (Å²) < 4.78 is 14.1. The first-order valence-electron chi connectivity index (χ1n) is 8.28. The van der Waals surface area contributed by atoms with Crippen molar-refractivity contribution in [2.45, 2.75) is 51.2 Å². The van der Waals surface area contributed by atoms with Crippen LogP contribution in [0.5, 0.6) is 0 Å². The molecule has 0 bridgehead atoms. The van der Waals surface area contributed by atoms with Gasteiger partial charge < -0.3 is 4.90 Å². The van der Waals surface area contributed by atoms with E-state index in [0.717, 1.165) is 38.8 Å². The fourth-order valence-corrected chi connectivity index (χ4v) is 3.42. The SMILES string of the molecule is CC(=O)N(C[C@@H]1CCCN1Cc1ccc(C#N)cc1F)C1CC1. The summed E-state index contributed by atoms with van der Waals surface area (Å²) in [5, 5.41) is 8.82. The van der Waals surface area contributed by atoms with Gasteiger partial charge in [-0.15, -0.1) is 0 Å². The third kappa shape index (κ3) is 3.70. The highest BCUT2D eigenvalue weighted by Crippen LogP contribution is 2.30. The molecule has 122 valence electrons. The minimum absolute atomic E-state index is 0.143. The Morgan fingerprint density at radius 1 is 1.43 bits per heavy atom. The van der Waals surface area contributed by atoms with Gasteiger partial charge in [-0.1, -0.05) is 6.07 Å². The second kappa shape index (κ2) is 6.67. The normalized spacial score (nSPS) is 21.2. The van der Waals surface area contributed by atoms with E-state index in [1.807, 2.05) is 11.0 Å². The summed E-state index contributed by atoms with van der Waals surface area (Å²) in [5.41, 5.74) is 0.970. The van der Waals surface area contributed by atoms with E-state index in [2.05, 4.69) is 4.90 Å². The predicted octanol–water partition coefficient (Wildman–Crippen LogP) is 2.67. The summed E-state index contributed by atoms with van der Waals surface area (Å²) in [4.78, 5) is 16.1. The van der Waals surface area contributed by atoms with Gasteiger partial charge in [0.2, 0.25) is 5.91 Å². The first-order valence-corrected chi connectivity index (χ1v) is 8.28. The van der Waals surface area contributed by atoms with Crippen molar-refractivity contribution in [2.75, 3.05) is 13.1 Å². The molecule has 1 aromatic rings. The zero-order valence-corrected chi connectivity index (χ0v) is 13.5. The highest BCUT2D eigenvalue weighted by Gasteiger charge is 2.35. The lowest BCUT2D eigenvalue weighted by Crippen LogP contribution is -2.43. The van der Waals surface area contributed by atoms with E-state index in [1.165, 1.54) is 6.07 Å². The molecule has 3 rings (SSSR count). The van der Waals surface area contributed by atoms with Crippen LogP contribution in [-0.4, -0.2) is 40.9 Å². The summed E-state index contributed by atoms with van der Waals surface area (Å²) in [6.07, 6.45) is 4.35. The van der Waals surface area contributed by atoms with Gasteiger partial charge >= 0.3 is 0 Å². The summed E-state index contributed by atoms with van der Waals surface area (Å²) in [6, 6.07) is 7.34. The Kier molecular flexibility index (Phi) is 4.63. The van der Waals surface area contributed by atoms with Crippen molar-refractivity contribution in [3.8, 4) is 6.07 Å². The van der Waals surface area contributed by atoms with Gasteiger partial charge in [0.1, 0.15) is 5.82 Å². The van der Waals surface area contributed by atoms with Gasteiger partial charge in [-0.05, 0) is 44.4 Å². The fourth-order valence-electron chi connectivity index (χ4n) is 3.42. The number of nitriles is 1. The molecular weight excluding hydrogens is 293 g/mol. The molecule has 0 spiro atoms. The Morgan fingerprint density at radius 3 is 2.83 bits per heavy atom. The number of carbonyl (C=O) groups is 1. The third-order valence-corrected chi connectivity index (χ3v) is 4.85. The van der Waals surface area contributed by atoms with Gasteiger partial charge in [0.05, 0.1) is 11.6 Å². The molecule has 1 saturated carbocycles. The van der Waals surface area contributed by atoms with Crippen LogP contribution in [-0.2, 0) is 11.3 Å². The van der Waals surface area contributed by atoms with E-state index in [9.17, 15) is 9.18 Å². The molecule has 1 aliphatic heterocycles. The predicted molar refractivity (Wildman–Crippen MR) is 85.0 cm³/mol. The number of nitrogens with zero attached hydrogens (tertiary/aromatic N) is 3. The van der Waals surface area contributed by atoms with Gasteiger partial charge in [-0.2, -0.15) is 5.26 Å². The van der Waals surface area contributed by atoms with E-state index < -0.39 is 0 Å². The molecular formula is C18H22FN3O. The molecule has 2 aliphatic rings. The Morgan fingerprint density at radius 2 is 2.22 bits per heavy atom. The molecule has 1 amide bonds. The number of halogens is 1. The van der Waals surface area contributed by atoms with Crippen LogP contribution in [0.4, 0.5) is 4.39 Å². The summed E-state index contributed by atoms with van der Waals surface area (Å²) in [6.45, 7) is 3.86. The van der Waals surface area contributed by atoms with Crippen LogP contribution in [0.15, 0.2) is 18.2 Å². The maximum atomic E-state index is 14.1. The van der Waals surface area contributed by atoms with E-state index in [0.29, 0.717) is 29.8 Å². The molecule has 23 heavy (non-hydrogen) atoms. The quantitative estimate of drug-likeness (QED) is 0.839. The number of benzene rings is 1. The van der Waals surface area contributed by atoms with Gasteiger partial charge in [0.25, 0.3) is 0 Å². The number of hydrogen-bond donors (Lipinski definition) is 0. The Balaban J connectivity index is 1.67. The lowest BCUT2D eigenvalue weighted by atomic mass is 10.1. The molecule has 1 aromatic carbocycles. The Labute approximate surface area is 136 Å². The van der Waals surface area contributed by atoms with Crippen LogP contribution in [0.3, 0.4) is 0 Å². The minimum Gasteiger partial charge on any atom is -0.338 e. The van der Waals surface area contributed by atoms with Crippen molar-refractivity contribution >= 4 is 5.91 Å². The van der Waals surface area contributed by atoms with Crippen molar-refractivity contribution < 1.29 is 9.18 Å². The van der Waals surface area contributed by atoms with E-state index in [4.69, 9.17) is 5.26 Å². The zero-order valence-electron chi connectivity index (χ0n) is 13.5. The molecule has 0 N–H and O–H groups in total. The summed E-state index contributed by atoms with van der Waals surface area (Å²) in [7, 11) is 0. The van der Waals surface area contributed by atoms with Crippen molar-refractivity contribution in [3.05, 3.63) is 35.1 Å². The number of likely N-dealkylation sites (tertiary alicyclic amines) is 1. The second-order valence-corrected chi connectivity index (χ2v) is 6.59. The monoisotopic (exact) mass is 315 g/mol.